The average molecular weight is 1810 g/mol. The molecule has 28 nitrogen and oxygen atoms in total. The lowest BCUT2D eigenvalue weighted by Crippen LogP contribution is -2.38. The van der Waals surface area contributed by atoms with Crippen LogP contribution in [0.25, 0.3) is 28.4 Å². The van der Waals surface area contributed by atoms with Gasteiger partial charge < -0.3 is 38.7 Å². The van der Waals surface area contributed by atoms with Gasteiger partial charge in [0.2, 0.25) is 0 Å². The molecule has 1 unspecified atom stereocenters. The summed E-state index contributed by atoms with van der Waals surface area (Å²) in [6.45, 7) is 58.7. The van der Waals surface area contributed by atoms with E-state index in [0.29, 0.717) is 84.7 Å². The van der Waals surface area contributed by atoms with Gasteiger partial charge in [0.05, 0.1) is 161 Å². The molecule has 7 amide bonds. The normalized spacial score (nSPS) is 13.0. The third-order valence-electron chi connectivity index (χ3n) is 19.0. The van der Waals surface area contributed by atoms with Crippen LogP contribution in [0.3, 0.4) is 0 Å². The summed E-state index contributed by atoms with van der Waals surface area (Å²) in [4.78, 5) is 126. The lowest BCUT2D eigenvalue weighted by Gasteiger charge is -2.17. The second-order valence-corrected chi connectivity index (χ2v) is 26.2. The first kappa shape index (κ1) is 120. The summed E-state index contributed by atoms with van der Waals surface area (Å²) in [6.07, 6.45) is 7.03. The molecule has 7 aliphatic rings. The number of carbonyl (C=O) groups excluding carboxylic acids is 7. The zero-order chi connectivity index (χ0) is 98.4. The predicted molar refractivity (Wildman–Crippen MR) is 540 cm³/mol. The molecule has 0 saturated carbocycles. The number of methoxy groups -OCH3 is 1. The third-order valence-corrected chi connectivity index (χ3v) is 19.0. The van der Waals surface area contributed by atoms with Crippen molar-refractivity contribution in [1.82, 2.24) is 82.2 Å². The van der Waals surface area contributed by atoms with Gasteiger partial charge in [0.1, 0.15) is 23.5 Å². The monoisotopic (exact) mass is 1800 g/mol. The Morgan fingerprint density at radius 2 is 0.656 bits per heavy atom. The van der Waals surface area contributed by atoms with Gasteiger partial charge in [0, 0.05) is 61.2 Å². The van der Waals surface area contributed by atoms with Crippen LogP contribution in [-0.4, -0.2) is 191 Å². The van der Waals surface area contributed by atoms with Gasteiger partial charge >= 0.3 is 11.7 Å². The number of fused-ring (bicyclic) bond motifs is 18. The Morgan fingerprint density at radius 3 is 1.07 bits per heavy atom. The number of aryl methyl sites for hydroxylation is 3. The van der Waals surface area contributed by atoms with Crippen molar-refractivity contribution >= 4 is 52.9 Å². The highest BCUT2D eigenvalue weighted by Crippen LogP contribution is 2.33. The van der Waals surface area contributed by atoms with Crippen LogP contribution >= 0.6 is 0 Å². The number of amides is 7. The fourth-order valence-electron chi connectivity index (χ4n) is 13.6. The van der Waals surface area contributed by atoms with Crippen molar-refractivity contribution in [3.63, 3.8) is 0 Å². The Kier molecular flexibility index (Phi) is 56.2. The number of benzene rings is 6. The highest BCUT2D eigenvalue weighted by atomic mass is 16.5. The van der Waals surface area contributed by atoms with E-state index in [0.717, 1.165) is 79.7 Å². The lowest BCUT2D eigenvalue weighted by atomic mass is 10.1. The van der Waals surface area contributed by atoms with Crippen LogP contribution in [-0.2, 0) is 44.6 Å². The van der Waals surface area contributed by atoms with E-state index in [9.17, 15) is 38.4 Å². The minimum absolute atomic E-state index is 0. The van der Waals surface area contributed by atoms with Crippen molar-refractivity contribution in [2.24, 2.45) is 12.0 Å². The summed E-state index contributed by atoms with van der Waals surface area (Å²) in [5, 5.41) is 7.89. The van der Waals surface area contributed by atoms with Crippen LogP contribution < -0.4 is 15.3 Å². The Hall–Kier alpha value is -13.1. The minimum Gasteiger partial charge on any atom is -0.468 e. The number of anilines is 1. The van der Waals surface area contributed by atoms with Gasteiger partial charge in [0.15, 0.2) is 0 Å². The van der Waals surface area contributed by atoms with E-state index in [1.54, 1.807) is 142 Å². The van der Waals surface area contributed by atoms with Crippen molar-refractivity contribution in [1.29, 1.82) is 0 Å². The molecule has 131 heavy (non-hydrogen) atoms. The number of aliphatic imine (C=N–C) groups is 1. The molecule has 11 aromatic rings. The van der Waals surface area contributed by atoms with Crippen molar-refractivity contribution in [2.75, 3.05) is 60.8 Å². The first-order chi connectivity index (χ1) is 62.4. The molecule has 0 spiro atoms. The van der Waals surface area contributed by atoms with Crippen molar-refractivity contribution < 1.29 is 38.3 Å². The SMILES string of the molecule is C.C.CC.CC.CC.CC.CC.CC.CC.CC.CC.CC.CC.CC.CC1N=C2CN(C)C(=O)c3ccccc3N2C1=O.CN1Cc2cn(C)c(=O)n2-c2ccccc2C1=O.CN1Cc2cnnn2-c2ccccc2C1=O.COc1ncc2n1-c1ccccc1C(=O)N(C)C2.Cc1nc2n(c1C)-c1ccccc1C(=O)N(C)C2.Cc1ncc2n1-c1ccccc1C(=O)N(C)C2. The number of carbonyl (C=O) groups is 7. The fourth-order valence-corrected chi connectivity index (χ4v) is 13.6. The van der Waals surface area contributed by atoms with Crippen LogP contribution in [0.5, 0.6) is 6.01 Å². The van der Waals surface area contributed by atoms with E-state index >= 15 is 0 Å². The summed E-state index contributed by atoms with van der Waals surface area (Å²) in [5.41, 5.74) is 14.4. The number of nitrogens with zero attached hydrogens (tertiary/aromatic N) is 19. The number of hydrogen-bond acceptors (Lipinski definition) is 15. The Labute approximate surface area is 784 Å². The van der Waals surface area contributed by atoms with Crippen molar-refractivity contribution in [2.45, 2.75) is 247 Å². The van der Waals surface area contributed by atoms with Crippen LogP contribution in [0, 0.1) is 20.8 Å². The maximum atomic E-state index is 12.3. The van der Waals surface area contributed by atoms with E-state index in [2.05, 4.69) is 39.4 Å². The molecule has 18 rings (SSSR count). The van der Waals surface area contributed by atoms with Gasteiger partial charge in [-0.25, -0.2) is 24.4 Å². The molecule has 0 bridgehead atoms. The largest absolute Gasteiger partial charge is 0.468 e. The number of imidazole rings is 4. The molecule has 5 aromatic heterocycles. The minimum atomic E-state index is -0.366. The maximum Gasteiger partial charge on any atom is 0.332 e. The van der Waals surface area contributed by atoms with Gasteiger partial charge in [-0.15, -0.1) is 5.10 Å². The Morgan fingerprint density at radius 1 is 0.344 bits per heavy atom. The van der Waals surface area contributed by atoms with Gasteiger partial charge in [0.25, 0.3) is 41.4 Å². The van der Waals surface area contributed by atoms with Gasteiger partial charge in [-0.1, -0.05) is 259 Å². The van der Waals surface area contributed by atoms with E-state index < -0.39 is 0 Å². The van der Waals surface area contributed by atoms with Gasteiger partial charge in [-0.2, -0.15) is 0 Å². The van der Waals surface area contributed by atoms with E-state index in [4.69, 9.17) is 4.74 Å². The summed E-state index contributed by atoms with van der Waals surface area (Å²) in [7, 11) is 14.0. The number of aromatic nitrogens is 11. The lowest BCUT2D eigenvalue weighted by molar-refractivity contribution is -0.117. The Balaban J connectivity index is 0. The molecule has 1 atom stereocenters. The predicted octanol–water partition coefficient (Wildman–Crippen LogP) is 21.4. The third kappa shape index (κ3) is 28.0. The average Bonchev–Trinajstić information content (AvgIpc) is 1.59. The number of amidine groups is 1. The topological polar surface area (TPSA) is 275 Å². The first-order valence-electron chi connectivity index (χ1n) is 45.8. The molecule has 0 radical (unpaired) electrons. The molecule has 12 heterocycles. The van der Waals surface area contributed by atoms with Gasteiger partial charge in [-0.05, 0) is 100 Å². The molecular formula is C103H157N19O9. The summed E-state index contributed by atoms with van der Waals surface area (Å²) < 4.78 is 16.1. The highest BCUT2D eigenvalue weighted by molar-refractivity contribution is 6.27. The number of rotatable bonds is 1. The van der Waals surface area contributed by atoms with Crippen LogP contribution in [0.2, 0.25) is 0 Å². The summed E-state index contributed by atoms with van der Waals surface area (Å²) >= 11 is 0. The molecule has 0 N–H and O–H groups in total. The number of hydrogen-bond donors (Lipinski definition) is 0. The van der Waals surface area contributed by atoms with Crippen molar-refractivity contribution in [3.8, 4) is 34.4 Å². The number of ether oxygens (including phenoxy) is 1. The first-order valence-corrected chi connectivity index (χ1v) is 45.8. The fraction of sp³-hybridized carbons (Fsp3) is 0.437. The molecule has 0 fully saturated rings. The van der Waals surface area contributed by atoms with Crippen LogP contribution in [0.15, 0.2) is 180 Å². The van der Waals surface area contributed by atoms with E-state index in [-0.39, 0.29) is 67.9 Å². The molecule has 7 aliphatic heterocycles. The zero-order valence-corrected chi connectivity index (χ0v) is 84.2. The molecule has 718 valence electrons. The van der Waals surface area contributed by atoms with Gasteiger partial charge in [-0.3, -0.25) is 61.7 Å². The van der Waals surface area contributed by atoms with Crippen LogP contribution in [0.1, 0.15) is 296 Å². The molecule has 0 saturated heterocycles. The Bertz CT molecular complexity index is 5410. The maximum absolute atomic E-state index is 12.3. The second kappa shape index (κ2) is 61.4. The van der Waals surface area contributed by atoms with Crippen molar-refractivity contribution in [3.05, 3.63) is 260 Å². The second-order valence-electron chi connectivity index (χ2n) is 26.2. The number of likely N-dealkylation sites (N-methyl/N-ethyl adjacent to an activating group) is 1. The smallest absolute Gasteiger partial charge is 0.332 e. The molecule has 6 aromatic carbocycles. The summed E-state index contributed by atoms with van der Waals surface area (Å²) in [6, 6.07) is 44.8. The van der Waals surface area contributed by atoms with E-state index in [1.807, 2.05) is 327 Å². The molecule has 28 heteroatoms. The standard InChI is InChI=1S/C14H15N3O.3C13H13N3O2.C13H13N3O.C11H10N4O.12C2H6.2CH4/c1-9-10(2)17-12-7-5-4-6-11(12)14(18)16(3)8-13(17)15-9;1-15-8-9-7-14-13(18-2)16(9)11-6-4-3-5-10(11)12(15)17;1-14-7-9-8-15(2)13(18)16(9)11-6-4-3-5-10(11)12(14)17;1-8-12(17)16-10-6-4-3-5-9(10)13(18)15(2)7-11(16)14-8;1-9-14-7-10-8-15(2)13(17)11-5-3-4-6-12(11)16(9)10;1-14-7-8-6-12-13-15(8)10-5-3-2-4-9(10)11(14)16;12*1-2;;/h4-7H,8H2,1-3H3;3-7H,8H2,1-2H3;2*3-6,8H,7H2,1-2H3;3-7H,8H2,1-2H3;2-6H,7H2,1H3;12*1-2H3;2*1H4. The quantitative estimate of drug-likeness (QED) is 0.148. The molecule has 0 aliphatic carbocycles. The highest BCUT2D eigenvalue weighted by Gasteiger charge is 2.39. The van der Waals surface area contributed by atoms with E-state index in [1.165, 1.54) is 4.57 Å². The zero-order valence-electron chi connectivity index (χ0n) is 84.2. The number of para-hydroxylation sites is 6. The molecular weight excluding hydrogens is 1650 g/mol. The van der Waals surface area contributed by atoms with Crippen LogP contribution in [0.4, 0.5) is 5.69 Å². The summed E-state index contributed by atoms with van der Waals surface area (Å²) in [5.74, 6) is 2.41.